The summed E-state index contributed by atoms with van der Waals surface area (Å²) in [6.07, 6.45) is 7.09. The summed E-state index contributed by atoms with van der Waals surface area (Å²) in [6.45, 7) is 11.2. The third kappa shape index (κ3) is 6.88. The monoisotopic (exact) mass is 293 g/mol. The fourth-order valence-corrected chi connectivity index (χ4v) is 1.07. The minimum atomic E-state index is -0.911. The molecule has 114 valence electrons. The van der Waals surface area contributed by atoms with Crippen LogP contribution in [0.2, 0.25) is 0 Å². The first-order valence-corrected chi connectivity index (χ1v) is 6.21. The van der Waals surface area contributed by atoms with Crippen LogP contribution in [0, 0.1) is 0 Å². The van der Waals surface area contributed by atoms with Crippen LogP contribution in [0.1, 0.15) is 19.5 Å². The minimum Gasteiger partial charge on any atom is -0.487 e. The number of aromatic nitrogens is 3. The van der Waals surface area contributed by atoms with E-state index in [2.05, 4.69) is 33.5 Å². The lowest BCUT2D eigenvalue weighted by molar-refractivity contribution is -0.228. The molecule has 0 aliphatic carbocycles. The summed E-state index contributed by atoms with van der Waals surface area (Å²) in [7, 11) is 0. The Labute approximate surface area is 123 Å². The van der Waals surface area contributed by atoms with Crippen LogP contribution in [0.4, 0.5) is 0 Å². The van der Waals surface area contributed by atoms with Gasteiger partial charge in [-0.15, -0.1) is 0 Å². The molecule has 0 spiro atoms. The fraction of sp³-hybridized carbons (Fsp3) is 0.214. The highest BCUT2D eigenvalue weighted by molar-refractivity contribution is 5.91. The highest BCUT2D eigenvalue weighted by Crippen LogP contribution is 2.06. The summed E-state index contributed by atoms with van der Waals surface area (Å²) < 4.78 is 5.37. The van der Waals surface area contributed by atoms with Gasteiger partial charge in [-0.1, -0.05) is 33.1 Å². The molecule has 0 saturated heterocycles. The molecule has 0 atom stereocenters. The highest BCUT2D eigenvalue weighted by Gasteiger charge is 2.05. The molecular formula is C14H19N3O4. The lowest BCUT2D eigenvalue weighted by atomic mass is 10.2. The molecule has 0 aliphatic rings. The molecule has 0 amide bonds. The molecule has 0 fully saturated rings. The van der Waals surface area contributed by atoms with Gasteiger partial charge < -0.3 is 4.74 Å². The molecular weight excluding hydrogens is 274 g/mol. The van der Waals surface area contributed by atoms with E-state index in [1.165, 1.54) is 30.5 Å². The summed E-state index contributed by atoms with van der Waals surface area (Å²) in [6, 6.07) is 0. The lowest BCUT2D eigenvalue weighted by Gasteiger charge is -2.03. The van der Waals surface area contributed by atoms with Gasteiger partial charge in [0.15, 0.2) is 0 Å². The van der Waals surface area contributed by atoms with Crippen LogP contribution in [0.3, 0.4) is 0 Å². The van der Waals surface area contributed by atoms with E-state index in [4.69, 9.17) is 9.99 Å². The summed E-state index contributed by atoms with van der Waals surface area (Å²) in [5.41, 5.74) is 0.697. The summed E-state index contributed by atoms with van der Waals surface area (Å²) >= 11 is 0. The number of ether oxygens (including phenoxy) is 1. The maximum absolute atomic E-state index is 11.1. The Kier molecular flexibility index (Phi) is 9.76. The molecule has 0 saturated carbocycles. The van der Waals surface area contributed by atoms with Crippen LogP contribution < -0.4 is 0 Å². The molecule has 1 rings (SSSR count). The van der Waals surface area contributed by atoms with Crippen molar-refractivity contribution in [2.24, 2.45) is 0 Å². The van der Waals surface area contributed by atoms with Crippen molar-refractivity contribution in [3.63, 3.8) is 0 Å². The predicted octanol–water partition coefficient (Wildman–Crippen LogP) is 2.55. The van der Waals surface area contributed by atoms with E-state index in [0.29, 0.717) is 11.5 Å². The normalized spacial score (nSPS) is 11.0. The molecule has 0 radical (unpaired) electrons. The van der Waals surface area contributed by atoms with Gasteiger partial charge >= 0.3 is 5.97 Å². The Morgan fingerprint density at radius 3 is 2.57 bits per heavy atom. The number of nitrogens with zero attached hydrogens (tertiary/aromatic N) is 2. The zero-order valence-corrected chi connectivity index (χ0v) is 12.1. The Morgan fingerprint density at radius 2 is 2.10 bits per heavy atom. The fourth-order valence-electron chi connectivity index (χ4n) is 1.07. The van der Waals surface area contributed by atoms with E-state index in [0.717, 1.165) is 0 Å². The van der Waals surface area contributed by atoms with E-state index >= 15 is 0 Å². The van der Waals surface area contributed by atoms with Gasteiger partial charge in [0.2, 0.25) is 0 Å². The molecule has 7 heteroatoms. The van der Waals surface area contributed by atoms with Gasteiger partial charge in [0.25, 0.3) is 0 Å². The van der Waals surface area contributed by atoms with Gasteiger partial charge in [-0.05, 0) is 18.2 Å². The topological polar surface area (TPSA) is 97.3 Å². The zero-order chi connectivity index (χ0) is 16.1. The summed E-state index contributed by atoms with van der Waals surface area (Å²) in [5.74, 6) is -0.501. The van der Waals surface area contributed by atoms with Gasteiger partial charge in [-0.3, -0.25) is 4.89 Å². The van der Waals surface area contributed by atoms with E-state index in [1.807, 2.05) is 13.8 Å². The third-order valence-corrected chi connectivity index (χ3v) is 2.02. The molecule has 0 bridgehead atoms. The molecule has 1 aromatic heterocycles. The zero-order valence-electron chi connectivity index (χ0n) is 12.1. The predicted molar refractivity (Wildman–Crippen MR) is 77.8 cm³/mol. The standard InChI is InChI=1S/C12H13N3O4.C2H6/c1-3-9(12(16)19-17)5-6-11(4-2)18-8-10-7-13-15-14-10;1-2/h3-7,17H,1-2,8H2,(H,13,14,15);1-2H3/b9-5+,11-6+;. The second kappa shape index (κ2) is 11.2. The first-order valence-electron chi connectivity index (χ1n) is 6.21. The Bertz CT molecular complexity index is 504. The highest BCUT2D eigenvalue weighted by atomic mass is 17.1. The van der Waals surface area contributed by atoms with Crippen molar-refractivity contribution in [2.75, 3.05) is 0 Å². The SMILES string of the molecule is C=C/C(=C\C=C(/C=C)C(=O)OO)OCc1cn[nH]n1.CC. The molecule has 0 aromatic carbocycles. The van der Waals surface area contributed by atoms with Crippen molar-refractivity contribution in [1.82, 2.24) is 15.4 Å². The van der Waals surface area contributed by atoms with Gasteiger partial charge in [0.1, 0.15) is 18.1 Å². The molecule has 0 unspecified atom stereocenters. The molecule has 7 nitrogen and oxygen atoms in total. The number of rotatable bonds is 7. The number of allylic oxidation sites excluding steroid dienone is 3. The number of aromatic amines is 1. The minimum absolute atomic E-state index is 0.0758. The lowest BCUT2D eigenvalue weighted by Crippen LogP contribution is -2.02. The van der Waals surface area contributed by atoms with Crippen molar-refractivity contribution >= 4 is 5.97 Å². The first kappa shape index (κ1) is 18.3. The van der Waals surface area contributed by atoms with Gasteiger partial charge in [0.05, 0.1) is 11.8 Å². The molecule has 2 N–H and O–H groups in total. The maximum atomic E-state index is 11.1. The molecule has 0 aliphatic heterocycles. The van der Waals surface area contributed by atoms with Crippen LogP contribution in [-0.2, 0) is 21.0 Å². The van der Waals surface area contributed by atoms with Crippen molar-refractivity contribution in [3.8, 4) is 0 Å². The maximum Gasteiger partial charge on any atom is 0.372 e. The number of carbonyl (C=O) groups excluding carboxylic acids is 1. The van der Waals surface area contributed by atoms with Crippen molar-refractivity contribution in [1.29, 1.82) is 0 Å². The average molecular weight is 293 g/mol. The third-order valence-electron chi connectivity index (χ3n) is 2.02. The number of nitrogens with one attached hydrogen (secondary N) is 1. The summed E-state index contributed by atoms with van der Waals surface area (Å²) in [4.78, 5) is 14.6. The average Bonchev–Trinajstić information content (AvgIpc) is 3.05. The smallest absolute Gasteiger partial charge is 0.372 e. The van der Waals surface area contributed by atoms with Crippen molar-refractivity contribution in [2.45, 2.75) is 20.5 Å². The molecule has 21 heavy (non-hydrogen) atoms. The van der Waals surface area contributed by atoms with Gasteiger partial charge in [-0.2, -0.15) is 20.7 Å². The van der Waals surface area contributed by atoms with Crippen LogP contribution in [0.25, 0.3) is 0 Å². The molecule has 1 heterocycles. The number of H-pyrrole nitrogens is 1. The summed E-state index contributed by atoms with van der Waals surface area (Å²) in [5, 5.41) is 18.2. The number of hydrogen-bond donors (Lipinski definition) is 2. The second-order valence-electron chi connectivity index (χ2n) is 3.23. The van der Waals surface area contributed by atoms with Gasteiger partial charge in [0, 0.05) is 0 Å². The van der Waals surface area contributed by atoms with Gasteiger partial charge in [-0.25, -0.2) is 4.79 Å². The van der Waals surface area contributed by atoms with Crippen molar-refractivity contribution in [3.05, 3.63) is 60.7 Å². The quantitative estimate of drug-likeness (QED) is 0.263. The van der Waals surface area contributed by atoms with Crippen LogP contribution in [0.15, 0.2) is 55.0 Å². The second-order valence-corrected chi connectivity index (χ2v) is 3.23. The van der Waals surface area contributed by atoms with E-state index in [1.54, 1.807) is 0 Å². The van der Waals surface area contributed by atoms with Crippen molar-refractivity contribution < 1.29 is 19.7 Å². The first-order chi connectivity index (χ1) is 10.2. The van der Waals surface area contributed by atoms with Crippen LogP contribution in [0.5, 0.6) is 0 Å². The Hall–Kier alpha value is -2.67. The van der Waals surface area contributed by atoms with Crippen LogP contribution in [-0.4, -0.2) is 26.6 Å². The Morgan fingerprint density at radius 1 is 1.38 bits per heavy atom. The van der Waals surface area contributed by atoms with Crippen LogP contribution >= 0.6 is 0 Å². The number of hydrogen-bond acceptors (Lipinski definition) is 6. The molecule has 1 aromatic rings. The Balaban J connectivity index is 0.00000191. The largest absolute Gasteiger partial charge is 0.487 e. The van der Waals surface area contributed by atoms with E-state index in [9.17, 15) is 4.79 Å². The number of carbonyl (C=O) groups is 1. The van der Waals surface area contributed by atoms with E-state index < -0.39 is 5.97 Å². The van der Waals surface area contributed by atoms with E-state index in [-0.39, 0.29) is 12.2 Å².